The molecule has 1 atom stereocenters. The summed E-state index contributed by atoms with van der Waals surface area (Å²) in [7, 11) is 0. The Bertz CT molecular complexity index is 395. The van der Waals surface area contributed by atoms with Crippen molar-refractivity contribution in [2.75, 3.05) is 13.1 Å². The van der Waals surface area contributed by atoms with E-state index in [9.17, 15) is 4.79 Å². The van der Waals surface area contributed by atoms with Crippen LogP contribution >= 0.6 is 0 Å². The Morgan fingerprint density at radius 3 is 2.94 bits per heavy atom. The van der Waals surface area contributed by atoms with Crippen LogP contribution in [0.4, 0.5) is 0 Å². The van der Waals surface area contributed by atoms with E-state index < -0.39 is 0 Å². The number of allylic oxidation sites excluding steroid dienone is 1. The Morgan fingerprint density at radius 2 is 2.19 bits per heavy atom. The Labute approximate surface area is 95.8 Å². The smallest absolute Gasteiger partial charge is 0.339 e. The van der Waals surface area contributed by atoms with Crippen LogP contribution in [0.1, 0.15) is 32.6 Å². The maximum Gasteiger partial charge on any atom is 0.339 e. The molecular weight excluding hydrogens is 202 g/mol. The van der Waals surface area contributed by atoms with E-state index >= 15 is 0 Å². The third-order valence-electron chi connectivity index (χ3n) is 3.85. The van der Waals surface area contributed by atoms with Crippen LogP contribution in [-0.2, 0) is 9.53 Å². The van der Waals surface area contributed by atoms with Crippen LogP contribution in [0, 0.1) is 0 Å². The van der Waals surface area contributed by atoms with Crippen molar-refractivity contribution in [3.8, 4) is 0 Å². The van der Waals surface area contributed by atoms with Gasteiger partial charge in [-0.05, 0) is 57.3 Å². The van der Waals surface area contributed by atoms with Crippen LogP contribution in [0.2, 0.25) is 0 Å². The van der Waals surface area contributed by atoms with E-state index in [1.54, 1.807) is 0 Å². The average molecular weight is 219 g/mol. The molecule has 16 heavy (non-hydrogen) atoms. The number of ether oxygens (including phenoxy) is 1. The van der Waals surface area contributed by atoms with Gasteiger partial charge in [0.15, 0.2) is 0 Å². The van der Waals surface area contributed by atoms with Gasteiger partial charge in [0.1, 0.15) is 5.76 Å². The summed E-state index contributed by atoms with van der Waals surface area (Å²) in [5.41, 5.74) is 2.09. The van der Waals surface area contributed by atoms with Crippen molar-refractivity contribution in [2.45, 2.75) is 38.6 Å². The highest BCUT2D eigenvalue weighted by molar-refractivity contribution is 5.92. The van der Waals surface area contributed by atoms with Gasteiger partial charge < -0.3 is 4.74 Å². The Balaban J connectivity index is 1.94. The minimum absolute atomic E-state index is 0.169. The van der Waals surface area contributed by atoms with Crippen molar-refractivity contribution in [2.24, 2.45) is 0 Å². The van der Waals surface area contributed by atoms with Crippen molar-refractivity contribution in [3.63, 3.8) is 0 Å². The van der Waals surface area contributed by atoms with E-state index in [0.29, 0.717) is 6.04 Å². The number of rotatable bonds is 0. The zero-order chi connectivity index (χ0) is 11.1. The summed E-state index contributed by atoms with van der Waals surface area (Å²) in [5, 5.41) is 0. The molecule has 86 valence electrons. The molecule has 0 radical (unpaired) electrons. The van der Waals surface area contributed by atoms with Crippen LogP contribution in [0.15, 0.2) is 23.0 Å². The van der Waals surface area contributed by atoms with Gasteiger partial charge in [-0.25, -0.2) is 4.79 Å². The molecule has 0 aromatic carbocycles. The number of esters is 1. The van der Waals surface area contributed by atoms with Gasteiger partial charge >= 0.3 is 5.97 Å². The average Bonchev–Trinajstić information content (AvgIpc) is 2.85. The van der Waals surface area contributed by atoms with Gasteiger partial charge in [0.05, 0.1) is 0 Å². The first kappa shape index (κ1) is 10.1. The fraction of sp³-hybridized carbons (Fsp3) is 0.615. The summed E-state index contributed by atoms with van der Waals surface area (Å²) in [5.74, 6) is 0.678. The molecular formula is C13H17NO2. The third kappa shape index (κ3) is 1.50. The SMILES string of the molecule is CC1=C/C(=C2/CCCN3CCC[C@H]23)OC1=O. The predicted molar refractivity (Wildman–Crippen MR) is 60.7 cm³/mol. The Hall–Kier alpha value is -1.09. The molecule has 2 saturated heterocycles. The predicted octanol–water partition coefficient (Wildman–Crippen LogP) is 2.00. The van der Waals surface area contributed by atoms with Crippen LogP contribution in [-0.4, -0.2) is 30.0 Å². The van der Waals surface area contributed by atoms with E-state index in [2.05, 4.69) is 4.90 Å². The van der Waals surface area contributed by atoms with Crippen molar-refractivity contribution in [3.05, 3.63) is 23.0 Å². The topological polar surface area (TPSA) is 29.5 Å². The highest BCUT2D eigenvalue weighted by Gasteiger charge is 2.34. The number of nitrogens with zero attached hydrogens (tertiary/aromatic N) is 1. The van der Waals surface area contributed by atoms with Gasteiger partial charge in [0.2, 0.25) is 0 Å². The van der Waals surface area contributed by atoms with Crippen LogP contribution in [0.25, 0.3) is 0 Å². The second kappa shape index (κ2) is 3.74. The largest absolute Gasteiger partial charge is 0.423 e. The number of hydrogen-bond donors (Lipinski definition) is 0. The summed E-state index contributed by atoms with van der Waals surface area (Å²) in [6, 6.07) is 0.540. The van der Waals surface area contributed by atoms with Crippen molar-refractivity contribution in [1.29, 1.82) is 0 Å². The Morgan fingerprint density at radius 1 is 1.38 bits per heavy atom. The molecule has 0 N–H and O–H groups in total. The molecule has 3 heteroatoms. The molecule has 3 rings (SSSR count). The molecule has 0 aliphatic carbocycles. The van der Waals surface area contributed by atoms with Gasteiger partial charge in [-0.1, -0.05) is 0 Å². The van der Waals surface area contributed by atoms with Crippen LogP contribution in [0.3, 0.4) is 0 Å². The molecule has 3 nitrogen and oxygen atoms in total. The zero-order valence-corrected chi connectivity index (χ0v) is 9.66. The van der Waals surface area contributed by atoms with Crippen molar-refractivity contribution < 1.29 is 9.53 Å². The molecule has 0 saturated carbocycles. The number of carbonyl (C=O) groups excluding carboxylic acids is 1. The fourth-order valence-corrected chi connectivity index (χ4v) is 3.04. The molecule has 3 heterocycles. The van der Waals surface area contributed by atoms with Gasteiger partial charge in [0, 0.05) is 11.6 Å². The quantitative estimate of drug-likeness (QED) is 0.584. The molecule has 0 spiro atoms. The molecule has 0 aromatic heterocycles. The van der Waals surface area contributed by atoms with Crippen molar-refractivity contribution >= 4 is 5.97 Å². The number of hydrogen-bond acceptors (Lipinski definition) is 3. The molecule has 0 amide bonds. The normalized spacial score (nSPS) is 34.9. The molecule has 0 unspecified atom stereocenters. The highest BCUT2D eigenvalue weighted by atomic mass is 16.5. The minimum Gasteiger partial charge on any atom is -0.423 e. The standard InChI is InChI=1S/C13H17NO2/c1-9-8-12(16-13(9)15)10-4-2-6-14-7-3-5-11(10)14/h8,11H,2-7H2,1H3/b12-10+/t11-/m1/s1. The summed E-state index contributed by atoms with van der Waals surface area (Å²) in [6.07, 6.45) is 6.70. The molecule has 2 fully saturated rings. The van der Waals surface area contributed by atoms with E-state index in [1.807, 2.05) is 13.0 Å². The Kier molecular flexibility index (Phi) is 2.36. The van der Waals surface area contributed by atoms with Crippen molar-refractivity contribution in [1.82, 2.24) is 4.90 Å². The van der Waals surface area contributed by atoms with E-state index in [1.165, 1.54) is 37.9 Å². The zero-order valence-electron chi connectivity index (χ0n) is 9.66. The number of fused-ring (bicyclic) bond motifs is 1. The van der Waals surface area contributed by atoms with Crippen LogP contribution in [0.5, 0.6) is 0 Å². The molecule has 0 bridgehead atoms. The fourth-order valence-electron chi connectivity index (χ4n) is 3.04. The first-order valence-electron chi connectivity index (χ1n) is 6.13. The van der Waals surface area contributed by atoms with Gasteiger partial charge in [-0.2, -0.15) is 0 Å². The first-order valence-corrected chi connectivity index (χ1v) is 6.13. The summed E-state index contributed by atoms with van der Waals surface area (Å²) in [6.45, 7) is 4.24. The first-order chi connectivity index (χ1) is 7.75. The lowest BCUT2D eigenvalue weighted by Crippen LogP contribution is -2.36. The van der Waals surface area contributed by atoms with Gasteiger partial charge in [-0.15, -0.1) is 0 Å². The lowest BCUT2D eigenvalue weighted by Gasteiger charge is -2.32. The van der Waals surface area contributed by atoms with Crippen LogP contribution < -0.4 is 0 Å². The maximum absolute atomic E-state index is 11.4. The lowest BCUT2D eigenvalue weighted by atomic mass is 9.94. The summed E-state index contributed by atoms with van der Waals surface area (Å²) in [4.78, 5) is 13.9. The summed E-state index contributed by atoms with van der Waals surface area (Å²) >= 11 is 0. The molecule has 3 aliphatic rings. The molecule has 0 aromatic rings. The maximum atomic E-state index is 11.4. The van der Waals surface area contributed by atoms with Gasteiger partial charge in [-0.3, -0.25) is 4.90 Å². The monoisotopic (exact) mass is 219 g/mol. The third-order valence-corrected chi connectivity index (χ3v) is 3.85. The summed E-state index contributed by atoms with van der Waals surface area (Å²) < 4.78 is 5.34. The van der Waals surface area contributed by atoms with E-state index in [0.717, 1.165) is 17.8 Å². The second-order valence-corrected chi connectivity index (χ2v) is 4.90. The second-order valence-electron chi connectivity index (χ2n) is 4.90. The number of piperidine rings is 1. The molecule has 3 aliphatic heterocycles. The minimum atomic E-state index is -0.169. The number of carbonyl (C=O) groups is 1. The van der Waals surface area contributed by atoms with E-state index in [4.69, 9.17) is 4.74 Å². The van der Waals surface area contributed by atoms with E-state index in [-0.39, 0.29) is 5.97 Å². The lowest BCUT2D eigenvalue weighted by molar-refractivity contribution is -0.133. The highest BCUT2D eigenvalue weighted by Crippen LogP contribution is 2.35. The van der Waals surface area contributed by atoms with Gasteiger partial charge in [0.25, 0.3) is 0 Å². The number of cyclic esters (lactones) is 1.